The van der Waals surface area contributed by atoms with E-state index in [1.54, 1.807) is 7.11 Å². The van der Waals surface area contributed by atoms with E-state index >= 15 is 0 Å². The molecule has 0 aromatic heterocycles. The molecule has 0 atom stereocenters. The molecule has 68 valence electrons. The molecule has 0 aliphatic rings. The van der Waals surface area contributed by atoms with Gasteiger partial charge in [0, 0.05) is 0 Å². The number of halogens is 1. The standard InChI is InChI=1S/C9H13NO.BrH/c1-11-9-4-2-3-8(7-9)5-6-10;/h2-4,7H,5-6,10H2,1H3;1H. The van der Waals surface area contributed by atoms with E-state index in [1.165, 1.54) is 5.56 Å². The number of hydrogen-bond acceptors (Lipinski definition) is 2. The van der Waals surface area contributed by atoms with Crippen LogP contribution in [0.4, 0.5) is 0 Å². The van der Waals surface area contributed by atoms with Crippen LogP contribution >= 0.6 is 17.0 Å². The first-order valence-electron chi connectivity index (χ1n) is 3.70. The van der Waals surface area contributed by atoms with Gasteiger partial charge in [0.2, 0.25) is 0 Å². The van der Waals surface area contributed by atoms with Crippen LogP contribution in [-0.4, -0.2) is 13.7 Å². The minimum atomic E-state index is 0. The Morgan fingerprint density at radius 2 is 2.17 bits per heavy atom. The molecule has 3 heteroatoms. The normalized spacial score (nSPS) is 8.83. The van der Waals surface area contributed by atoms with Crippen molar-refractivity contribution in [2.45, 2.75) is 6.42 Å². The molecule has 0 bridgehead atoms. The van der Waals surface area contributed by atoms with Gasteiger partial charge in [-0.3, -0.25) is 0 Å². The molecule has 12 heavy (non-hydrogen) atoms. The third kappa shape index (κ3) is 3.24. The van der Waals surface area contributed by atoms with Gasteiger partial charge in [-0.2, -0.15) is 0 Å². The maximum atomic E-state index is 5.41. The number of ether oxygens (including phenoxy) is 1. The van der Waals surface area contributed by atoms with Crippen molar-refractivity contribution in [2.24, 2.45) is 5.73 Å². The first-order valence-corrected chi connectivity index (χ1v) is 3.70. The summed E-state index contributed by atoms with van der Waals surface area (Å²) in [7, 11) is 1.67. The SMILES string of the molecule is Br.COc1cccc(CCN)c1. The lowest BCUT2D eigenvalue weighted by Gasteiger charge is -2.01. The predicted molar refractivity (Wildman–Crippen MR) is 56.1 cm³/mol. The Hall–Kier alpha value is -0.540. The summed E-state index contributed by atoms with van der Waals surface area (Å²) >= 11 is 0. The Morgan fingerprint density at radius 3 is 2.75 bits per heavy atom. The Kier molecular flexibility index (Phi) is 5.76. The van der Waals surface area contributed by atoms with Gasteiger partial charge in [0.05, 0.1) is 7.11 Å². The highest BCUT2D eigenvalue weighted by molar-refractivity contribution is 8.93. The molecule has 0 aliphatic heterocycles. The lowest BCUT2D eigenvalue weighted by molar-refractivity contribution is 0.414. The second kappa shape index (κ2) is 6.03. The predicted octanol–water partition coefficient (Wildman–Crippen LogP) is 1.77. The van der Waals surface area contributed by atoms with Crippen molar-refractivity contribution in [1.29, 1.82) is 0 Å². The largest absolute Gasteiger partial charge is 0.497 e. The zero-order valence-corrected chi connectivity index (χ0v) is 8.83. The molecule has 1 rings (SSSR count). The van der Waals surface area contributed by atoms with E-state index in [1.807, 2.05) is 18.2 Å². The molecule has 0 unspecified atom stereocenters. The van der Waals surface area contributed by atoms with Gasteiger partial charge in [0.15, 0.2) is 0 Å². The summed E-state index contributed by atoms with van der Waals surface area (Å²) in [6, 6.07) is 7.96. The van der Waals surface area contributed by atoms with E-state index in [0.717, 1.165) is 12.2 Å². The minimum Gasteiger partial charge on any atom is -0.497 e. The van der Waals surface area contributed by atoms with Gasteiger partial charge in [-0.1, -0.05) is 12.1 Å². The maximum Gasteiger partial charge on any atom is 0.119 e. The lowest BCUT2D eigenvalue weighted by atomic mass is 10.1. The molecule has 0 saturated heterocycles. The number of benzene rings is 1. The number of nitrogens with two attached hydrogens (primary N) is 1. The maximum absolute atomic E-state index is 5.41. The van der Waals surface area contributed by atoms with Crippen molar-refractivity contribution in [2.75, 3.05) is 13.7 Å². The highest BCUT2D eigenvalue weighted by atomic mass is 79.9. The van der Waals surface area contributed by atoms with Crippen LogP contribution < -0.4 is 10.5 Å². The van der Waals surface area contributed by atoms with E-state index in [4.69, 9.17) is 10.5 Å². The minimum absolute atomic E-state index is 0. The lowest BCUT2D eigenvalue weighted by Crippen LogP contribution is -2.02. The van der Waals surface area contributed by atoms with Crippen molar-refractivity contribution < 1.29 is 4.74 Å². The molecule has 0 fully saturated rings. The Morgan fingerprint density at radius 1 is 1.42 bits per heavy atom. The fourth-order valence-corrected chi connectivity index (χ4v) is 0.995. The molecular formula is C9H14BrNO. The molecule has 0 radical (unpaired) electrons. The fraction of sp³-hybridized carbons (Fsp3) is 0.333. The third-order valence-corrected chi connectivity index (χ3v) is 1.57. The van der Waals surface area contributed by atoms with Crippen molar-refractivity contribution in [1.82, 2.24) is 0 Å². The van der Waals surface area contributed by atoms with Gasteiger partial charge < -0.3 is 10.5 Å². The number of methoxy groups -OCH3 is 1. The molecule has 0 aliphatic carbocycles. The van der Waals surface area contributed by atoms with Crippen LogP contribution in [0.15, 0.2) is 24.3 Å². The molecule has 2 nitrogen and oxygen atoms in total. The number of rotatable bonds is 3. The summed E-state index contributed by atoms with van der Waals surface area (Å²) in [5, 5.41) is 0. The van der Waals surface area contributed by atoms with E-state index in [-0.39, 0.29) is 17.0 Å². The summed E-state index contributed by atoms with van der Waals surface area (Å²) < 4.78 is 5.06. The van der Waals surface area contributed by atoms with E-state index in [2.05, 4.69) is 6.07 Å². The van der Waals surface area contributed by atoms with Crippen molar-refractivity contribution >= 4 is 17.0 Å². The Bertz CT molecular complexity index is 228. The second-order valence-corrected chi connectivity index (χ2v) is 2.39. The van der Waals surface area contributed by atoms with Crippen LogP contribution in [0, 0.1) is 0 Å². The summed E-state index contributed by atoms with van der Waals surface area (Å²) in [6.07, 6.45) is 0.914. The molecule has 1 aromatic carbocycles. The quantitative estimate of drug-likeness (QED) is 0.861. The molecule has 0 heterocycles. The molecule has 1 aromatic rings. The van der Waals surface area contributed by atoms with Crippen LogP contribution in [-0.2, 0) is 6.42 Å². The summed E-state index contributed by atoms with van der Waals surface area (Å²) in [4.78, 5) is 0. The Labute approximate surface area is 83.5 Å². The van der Waals surface area contributed by atoms with Crippen LogP contribution in [0.3, 0.4) is 0 Å². The van der Waals surface area contributed by atoms with Crippen LogP contribution in [0.1, 0.15) is 5.56 Å². The van der Waals surface area contributed by atoms with E-state index < -0.39 is 0 Å². The fourth-order valence-electron chi connectivity index (χ4n) is 0.995. The zero-order valence-electron chi connectivity index (χ0n) is 7.12. The van der Waals surface area contributed by atoms with E-state index in [9.17, 15) is 0 Å². The van der Waals surface area contributed by atoms with Crippen LogP contribution in [0.25, 0.3) is 0 Å². The monoisotopic (exact) mass is 231 g/mol. The van der Waals surface area contributed by atoms with Gasteiger partial charge in [-0.05, 0) is 30.7 Å². The highest BCUT2D eigenvalue weighted by Gasteiger charge is 1.92. The van der Waals surface area contributed by atoms with Gasteiger partial charge in [-0.25, -0.2) is 0 Å². The Balaban J connectivity index is 0.00000121. The first-order chi connectivity index (χ1) is 5.36. The van der Waals surface area contributed by atoms with Crippen molar-refractivity contribution in [3.05, 3.63) is 29.8 Å². The average molecular weight is 232 g/mol. The highest BCUT2D eigenvalue weighted by Crippen LogP contribution is 2.12. The first kappa shape index (κ1) is 11.5. The van der Waals surface area contributed by atoms with Crippen LogP contribution in [0.2, 0.25) is 0 Å². The van der Waals surface area contributed by atoms with Gasteiger partial charge in [0.25, 0.3) is 0 Å². The summed E-state index contributed by atoms with van der Waals surface area (Å²) in [5.41, 5.74) is 6.64. The third-order valence-electron chi connectivity index (χ3n) is 1.57. The molecule has 0 amide bonds. The second-order valence-electron chi connectivity index (χ2n) is 2.39. The van der Waals surface area contributed by atoms with Gasteiger partial charge >= 0.3 is 0 Å². The summed E-state index contributed by atoms with van der Waals surface area (Å²) in [5.74, 6) is 0.899. The topological polar surface area (TPSA) is 35.2 Å². The zero-order chi connectivity index (χ0) is 8.10. The smallest absolute Gasteiger partial charge is 0.119 e. The molecule has 2 N–H and O–H groups in total. The molecule has 0 saturated carbocycles. The van der Waals surface area contributed by atoms with E-state index in [0.29, 0.717) is 6.54 Å². The number of hydrogen-bond donors (Lipinski definition) is 1. The van der Waals surface area contributed by atoms with Gasteiger partial charge in [-0.15, -0.1) is 17.0 Å². The van der Waals surface area contributed by atoms with Crippen molar-refractivity contribution in [3.63, 3.8) is 0 Å². The average Bonchev–Trinajstić information content (AvgIpc) is 2.06. The molecular weight excluding hydrogens is 218 g/mol. The molecule has 0 spiro atoms. The van der Waals surface area contributed by atoms with Crippen LogP contribution in [0.5, 0.6) is 5.75 Å². The summed E-state index contributed by atoms with van der Waals surface area (Å²) in [6.45, 7) is 0.688. The van der Waals surface area contributed by atoms with Crippen molar-refractivity contribution in [3.8, 4) is 5.75 Å². The van der Waals surface area contributed by atoms with Gasteiger partial charge in [0.1, 0.15) is 5.75 Å².